The van der Waals surface area contributed by atoms with Crippen LogP contribution in [0.25, 0.3) is 0 Å². The van der Waals surface area contributed by atoms with E-state index in [1.54, 1.807) is 17.9 Å². The summed E-state index contributed by atoms with van der Waals surface area (Å²) in [5.74, 6) is 1.16. The lowest BCUT2D eigenvalue weighted by molar-refractivity contribution is -0.140. The highest BCUT2D eigenvalue weighted by Crippen LogP contribution is 2.31. The number of rotatable bonds is 8. The van der Waals surface area contributed by atoms with E-state index in [0.717, 1.165) is 16.9 Å². The third-order valence-electron chi connectivity index (χ3n) is 5.07. The molecular weight excluding hydrogens is 416 g/mol. The Balaban J connectivity index is 1.72. The molecule has 0 bridgehead atoms. The molecule has 1 aliphatic heterocycles. The fourth-order valence-corrected chi connectivity index (χ4v) is 3.67. The Morgan fingerprint density at radius 3 is 2.48 bits per heavy atom. The van der Waals surface area contributed by atoms with Crippen molar-refractivity contribution in [2.75, 3.05) is 13.2 Å². The minimum atomic E-state index is -0.603. The Labute approximate surface area is 188 Å². The molecular formula is C24H29ClN2O4. The van der Waals surface area contributed by atoms with Crippen LogP contribution in [0.4, 0.5) is 0 Å². The topological polar surface area (TPSA) is 67.9 Å². The van der Waals surface area contributed by atoms with Gasteiger partial charge in [-0.05, 0) is 62.6 Å². The zero-order valence-electron chi connectivity index (χ0n) is 18.2. The van der Waals surface area contributed by atoms with E-state index >= 15 is 0 Å². The second-order valence-corrected chi connectivity index (χ2v) is 8.41. The number of hydrogen-bond acceptors (Lipinski definition) is 4. The summed E-state index contributed by atoms with van der Waals surface area (Å²) in [6.45, 7) is 6.92. The molecule has 2 aromatic carbocycles. The van der Waals surface area contributed by atoms with Gasteiger partial charge in [-0.15, -0.1) is 0 Å². The average molecular weight is 445 g/mol. The summed E-state index contributed by atoms with van der Waals surface area (Å²) >= 11 is 6.11. The Morgan fingerprint density at radius 2 is 1.77 bits per heavy atom. The van der Waals surface area contributed by atoms with Crippen molar-refractivity contribution in [2.24, 2.45) is 0 Å². The van der Waals surface area contributed by atoms with Crippen LogP contribution in [0.3, 0.4) is 0 Å². The number of nitrogens with zero attached hydrogens (tertiary/aromatic N) is 1. The van der Waals surface area contributed by atoms with Crippen molar-refractivity contribution >= 4 is 23.4 Å². The zero-order chi connectivity index (χ0) is 22.4. The SMILES string of the molecule is CC(C)NC(=O)[C@@H](C)N(Cc1cccc(Cl)c1)C(=O)CCc1ccc2c(c1)OCCO2. The van der Waals surface area contributed by atoms with Crippen LogP contribution in [-0.2, 0) is 22.6 Å². The first-order valence-corrected chi connectivity index (χ1v) is 10.9. The number of carbonyl (C=O) groups is 2. The summed E-state index contributed by atoms with van der Waals surface area (Å²) < 4.78 is 11.2. The van der Waals surface area contributed by atoms with Gasteiger partial charge in [0, 0.05) is 24.0 Å². The van der Waals surface area contributed by atoms with Crippen molar-refractivity contribution in [2.45, 2.75) is 52.2 Å². The van der Waals surface area contributed by atoms with Crippen LogP contribution < -0.4 is 14.8 Å². The van der Waals surface area contributed by atoms with Crippen molar-refractivity contribution in [3.8, 4) is 11.5 Å². The molecule has 166 valence electrons. The van der Waals surface area contributed by atoms with Crippen molar-refractivity contribution in [3.05, 3.63) is 58.6 Å². The second-order valence-electron chi connectivity index (χ2n) is 7.97. The van der Waals surface area contributed by atoms with Gasteiger partial charge in [0.25, 0.3) is 0 Å². The first kappa shape index (κ1) is 22.9. The lowest BCUT2D eigenvalue weighted by atomic mass is 10.1. The van der Waals surface area contributed by atoms with Gasteiger partial charge in [0.15, 0.2) is 11.5 Å². The fourth-order valence-electron chi connectivity index (χ4n) is 3.46. The summed E-state index contributed by atoms with van der Waals surface area (Å²) in [4.78, 5) is 27.4. The minimum absolute atomic E-state index is 0.00390. The molecule has 0 aliphatic carbocycles. The van der Waals surface area contributed by atoms with Gasteiger partial charge >= 0.3 is 0 Å². The summed E-state index contributed by atoms with van der Waals surface area (Å²) in [6, 6.07) is 12.5. The van der Waals surface area contributed by atoms with Crippen molar-refractivity contribution in [1.82, 2.24) is 10.2 Å². The largest absolute Gasteiger partial charge is 0.486 e. The number of nitrogens with one attached hydrogen (secondary N) is 1. The molecule has 1 atom stereocenters. The van der Waals surface area contributed by atoms with Gasteiger partial charge in [0.2, 0.25) is 11.8 Å². The molecule has 7 heteroatoms. The van der Waals surface area contributed by atoms with Crippen LogP contribution in [0, 0.1) is 0 Å². The first-order valence-electron chi connectivity index (χ1n) is 10.6. The van der Waals surface area contributed by atoms with Gasteiger partial charge in [0.1, 0.15) is 19.3 Å². The lowest BCUT2D eigenvalue weighted by Crippen LogP contribution is -2.49. The molecule has 1 N–H and O–H groups in total. The number of ether oxygens (including phenoxy) is 2. The molecule has 0 aromatic heterocycles. The van der Waals surface area contributed by atoms with E-state index in [0.29, 0.717) is 37.0 Å². The predicted molar refractivity (Wildman–Crippen MR) is 120 cm³/mol. The van der Waals surface area contributed by atoms with E-state index in [1.165, 1.54) is 0 Å². The monoisotopic (exact) mass is 444 g/mol. The molecule has 31 heavy (non-hydrogen) atoms. The van der Waals surface area contributed by atoms with E-state index in [9.17, 15) is 9.59 Å². The fraction of sp³-hybridized carbons (Fsp3) is 0.417. The third kappa shape index (κ3) is 6.37. The van der Waals surface area contributed by atoms with Crippen LogP contribution in [0.2, 0.25) is 5.02 Å². The van der Waals surface area contributed by atoms with Crippen molar-refractivity contribution in [3.63, 3.8) is 0 Å². The van der Waals surface area contributed by atoms with E-state index in [1.807, 2.05) is 50.2 Å². The number of fused-ring (bicyclic) bond motifs is 1. The highest BCUT2D eigenvalue weighted by Gasteiger charge is 2.26. The molecule has 0 spiro atoms. The summed E-state index contributed by atoms with van der Waals surface area (Å²) in [5, 5.41) is 3.49. The molecule has 0 fully saturated rings. The van der Waals surface area contributed by atoms with Gasteiger partial charge in [-0.2, -0.15) is 0 Å². The van der Waals surface area contributed by atoms with E-state index in [-0.39, 0.29) is 24.3 Å². The maximum atomic E-state index is 13.2. The van der Waals surface area contributed by atoms with E-state index in [4.69, 9.17) is 21.1 Å². The summed E-state index contributed by atoms with van der Waals surface area (Å²) in [6.07, 6.45) is 0.819. The van der Waals surface area contributed by atoms with Gasteiger partial charge in [-0.3, -0.25) is 9.59 Å². The molecule has 2 aromatic rings. The smallest absolute Gasteiger partial charge is 0.242 e. The number of benzene rings is 2. The van der Waals surface area contributed by atoms with Crippen LogP contribution in [-0.4, -0.2) is 42.0 Å². The number of amides is 2. The average Bonchev–Trinajstić information content (AvgIpc) is 2.74. The van der Waals surface area contributed by atoms with Crippen LogP contribution >= 0.6 is 11.6 Å². The third-order valence-corrected chi connectivity index (χ3v) is 5.31. The minimum Gasteiger partial charge on any atom is -0.486 e. The van der Waals surface area contributed by atoms with Crippen LogP contribution in [0.5, 0.6) is 11.5 Å². The van der Waals surface area contributed by atoms with Crippen molar-refractivity contribution < 1.29 is 19.1 Å². The Bertz CT molecular complexity index is 932. The summed E-state index contributed by atoms with van der Waals surface area (Å²) in [7, 11) is 0. The Morgan fingerprint density at radius 1 is 1.03 bits per heavy atom. The maximum absolute atomic E-state index is 13.2. The predicted octanol–water partition coefficient (Wildman–Crippen LogP) is 3.99. The van der Waals surface area contributed by atoms with Gasteiger partial charge < -0.3 is 19.7 Å². The highest BCUT2D eigenvalue weighted by molar-refractivity contribution is 6.30. The number of aryl methyl sites for hydroxylation is 1. The number of halogens is 1. The number of hydrogen-bond donors (Lipinski definition) is 1. The van der Waals surface area contributed by atoms with Gasteiger partial charge in [0.05, 0.1) is 0 Å². The summed E-state index contributed by atoms with van der Waals surface area (Å²) in [5.41, 5.74) is 1.86. The Kier molecular flexibility index (Phi) is 7.80. The standard InChI is InChI=1S/C24H29ClN2O4/c1-16(2)26-24(29)17(3)27(15-19-5-4-6-20(25)13-19)23(28)10-8-18-7-9-21-22(14-18)31-12-11-30-21/h4-7,9,13-14,16-17H,8,10-12,15H2,1-3H3,(H,26,29)/t17-/m1/s1. The normalized spacial score (nSPS) is 13.6. The van der Waals surface area contributed by atoms with E-state index in [2.05, 4.69) is 5.32 Å². The second kappa shape index (κ2) is 10.5. The van der Waals surface area contributed by atoms with Crippen molar-refractivity contribution in [1.29, 1.82) is 0 Å². The zero-order valence-corrected chi connectivity index (χ0v) is 18.9. The molecule has 0 saturated heterocycles. The first-order chi connectivity index (χ1) is 14.8. The maximum Gasteiger partial charge on any atom is 0.242 e. The van der Waals surface area contributed by atoms with Crippen LogP contribution in [0.1, 0.15) is 38.3 Å². The molecule has 1 heterocycles. The molecule has 0 saturated carbocycles. The Hall–Kier alpha value is -2.73. The molecule has 2 amide bonds. The molecule has 0 unspecified atom stereocenters. The van der Waals surface area contributed by atoms with E-state index < -0.39 is 6.04 Å². The highest BCUT2D eigenvalue weighted by atomic mass is 35.5. The molecule has 0 radical (unpaired) electrons. The van der Waals surface area contributed by atoms with Gasteiger partial charge in [-0.1, -0.05) is 29.8 Å². The molecule has 1 aliphatic rings. The van der Waals surface area contributed by atoms with Gasteiger partial charge in [-0.25, -0.2) is 0 Å². The van der Waals surface area contributed by atoms with Crippen LogP contribution in [0.15, 0.2) is 42.5 Å². The molecule has 6 nitrogen and oxygen atoms in total. The number of carbonyl (C=O) groups excluding carboxylic acids is 2. The quantitative estimate of drug-likeness (QED) is 0.668. The lowest BCUT2D eigenvalue weighted by Gasteiger charge is -2.29. The molecule has 3 rings (SSSR count).